The van der Waals surface area contributed by atoms with Crippen molar-refractivity contribution in [2.24, 2.45) is 5.92 Å². The van der Waals surface area contributed by atoms with Crippen molar-refractivity contribution in [3.8, 4) is 11.5 Å². The predicted molar refractivity (Wildman–Crippen MR) is 211 cm³/mol. The van der Waals surface area contributed by atoms with Crippen LogP contribution < -0.4 is 25.8 Å². The van der Waals surface area contributed by atoms with Gasteiger partial charge in [-0.2, -0.15) is 18.3 Å². The van der Waals surface area contributed by atoms with Crippen LogP contribution in [-0.2, 0) is 9.59 Å². The molecule has 0 spiro atoms. The van der Waals surface area contributed by atoms with Gasteiger partial charge in [0.05, 0.1) is 17.6 Å². The molecule has 8 rings (SSSR count). The Morgan fingerprint density at radius 3 is 2.33 bits per heavy atom. The molecule has 1 saturated carbocycles. The number of imide groups is 1. The summed E-state index contributed by atoms with van der Waals surface area (Å²) in [5.74, 6) is -3.87. The van der Waals surface area contributed by atoms with Gasteiger partial charge in [-0.15, -0.1) is 0 Å². The molecule has 63 heavy (non-hydrogen) atoms. The van der Waals surface area contributed by atoms with Crippen molar-refractivity contribution in [1.82, 2.24) is 34.9 Å². The second-order valence-corrected chi connectivity index (χ2v) is 15.9. The summed E-state index contributed by atoms with van der Waals surface area (Å²) in [5, 5.41) is 10.8. The zero-order chi connectivity index (χ0) is 44.6. The number of hydrogen-bond donors (Lipinski definition) is 3. The van der Waals surface area contributed by atoms with E-state index in [9.17, 15) is 41.1 Å². The average Bonchev–Trinajstić information content (AvgIpc) is 4.05. The van der Waals surface area contributed by atoms with E-state index in [1.807, 2.05) is 4.90 Å². The maximum Gasteiger partial charge on any atom is 0.405 e. The minimum Gasteiger partial charge on any atom is -0.444 e. The number of hydrogen-bond acceptors (Lipinski definition) is 11. The van der Waals surface area contributed by atoms with Gasteiger partial charge in [-0.1, -0.05) is 0 Å². The molecule has 336 valence electrons. The summed E-state index contributed by atoms with van der Waals surface area (Å²) < 4.78 is 103. The van der Waals surface area contributed by atoms with E-state index in [1.54, 1.807) is 4.90 Å². The molecule has 4 aliphatic rings. The molecule has 3 aliphatic heterocycles. The van der Waals surface area contributed by atoms with Gasteiger partial charge in [-0.05, 0) is 56.4 Å². The van der Waals surface area contributed by atoms with Crippen molar-refractivity contribution in [1.29, 1.82) is 0 Å². The normalized spacial score (nSPS) is 21.3. The number of amides is 5. The Labute approximate surface area is 354 Å². The molecule has 3 aromatic heterocycles. The van der Waals surface area contributed by atoms with Gasteiger partial charge in [0.25, 0.3) is 12.3 Å². The van der Waals surface area contributed by atoms with Crippen LogP contribution in [-0.4, -0.2) is 118 Å². The van der Waals surface area contributed by atoms with E-state index in [0.717, 1.165) is 36.1 Å². The van der Waals surface area contributed by atoms with E-state index in [1.165, 1.54) is 29.2 Å². The van der Waals surface area contributed by atoms with Crippen molar-refractivity contribution in [2.45, 2.75) is 63.2 Å². The molecule has 0 unspecified atom stereocenters. The molecule has 0 bridgehead atoms. The van der Waals surface area contributed by atoms with Crippen molar-refractivity contribution < 1.29 is 54.3 Å². The summed E-state index contributed by atoms with van der Waals surface area (Å²) in [6.45, 7) is 1.50. The number of halogens is 7. The maximum atomic E-state index is 15.2. The van der Waals surface area contributed by atoms with E-state index >= 15 is 8.78 Å². The molecule has 3 N–H and O–H groups in total. The van der Waals surface area contributed by atoms with Crippen molar-refractivity contribution >= 4 is 46.6 Å². The largest absolute Gasteiger partial charge is 0.444 e. The number of piperazine rings is 1. The van der Waals surface area contributed by atoms with Crippen LogP contribution in [0.2, 0.25) is 0 Å². The van der Waals surface area contributed by atoms with Crippen LogP contribution in [0.1, 0.15) is 67.2 Å². The van der Waals surface area contributed by atoms with Gasteiger partial charge in [0.15, 0.2) is 23.0 Å². The number of aromatic nitrogens is 4. The van der Waals surface area contributed by atoms with E-state index in [0.29, 0.717) is 52.0 Å². The maximum absolute atomic E-state index is 15.2. The number of alkyl halides is 5. The smallest absolute Gasteiger partial charge is 0.405 e. The first-order chi connectivity index (χ1) is 30.1. The highest BCUT2D eigenvalue weighted by Crippen LogP contribution is 2.36. The highest BCUT2D eigenvalue weighted by atomic mass is 19.4. The van der Waals surface area contributed by atoms with Crippen LogP contribution in [0.15, 0.2) is 47.3 Å². The lowest BCUT2D eigenvalue weighted by atomic mass is 9.90. The fourth-order valence-electron chi connectivity index (χ4n) is 8.62. The minimum atomic E-state index is -4.47. The third-order valence-corrected chi connectivity index (χ3v) is 11.8. The van der Waals surface area contributed by atoms with E-state index < -0.39 is 60.0 Å². The highest BCUT2D eigenvalue weighted by molar-refractivity contribution is 6.06. The molecule has 1 atom stereocenters. The summed E-state index contributed by atoms with van der Waals surface area (Å²) in [5.41, 5.74) is -1.12. The van der Waals surface area contributed by atoms with Gasteiger partial charge in [-0.25, -0.2) is 32.3 Å². The molecule has 4 aromatic rings. The lowest BCUT2D eigenvalue weighted by Gasteiger charge is -2.42. The molecule has 0 radical (unpaired) electrons. The lowest BCUT2D eigenvalue weighted by Crippen LogP contribution is -2.53. The topological polar surface area (TPSA) is 174 Å². The molecule has 23 heteroatoms. The third kappa shape index (κ3) is 9.71. The predicted octanol–water partition coefficient (Wildman–Crippen LogP) is 5.98. The second kappa shape index (κ2) is 17.8. The number of urea groups is 1. The molecule has 16 nitrogen and oxygen atoms in total. The molecule has 1 aliphatic carbocycles. The number of carbonyl (C=O) groups excluding carboxylic acids is 4. The first-order valence-electron chi connectivity index (χ1n) is 20.4. The van der Waals surface area contributed by atoms with Crippen molar-refractivity contribution in [2.75, 3.05) is 72.8 Å². The van der Waals surface area contributed by atoms with Crippen LogP contribution in [0, 0.1) is 17.6 Å². The molecule has 4 fully saturated rings. The Hall–Kier alpha value is -6.26. The molecular weight excluding hydrogens is 847 g/mol. The van der Waals surface area contributed by atoms with Crippen LogP contribution in [0.5, 0.6) is 0 Å². The Morgan fingerprint density at radius 2 is 1.65 bits per heavy atom. The number of rotatable bonds is 11. The molecule has 3 saturated heterocycles. The second-order valence-electron chi connectivity index (χ2n) is 15.9. The summed E-state index contributed by atoms with van der Waals surface area (Å²) >= 11 is 0. The van der Waals surface area contributed by atoms with Gasteiger partial charge in [0, 0.05) is 81.9 Å². The number of carbonyl (C=O) groups is 4. The fraction of sp³-hybridized carbons (Fsp3) is 0.475. The van der Waals surface area contributed by atoms with E-state index in [-0.39, 0.29) is 77.8 Å². The Morgan fingerprint density at radius 1 is 0.937 bits per heavy atom. The van der Waals surface area contributed by atoms with Crippen LogP contribution in [0.3, 0.4) is 0 Å². The first-order valence-corrected chi connectivity index (χ1v) is 20.4. The van der Waals surface area contributed by atoms with Crippen LogP contribution in [0.4, 0.5) is 58.4 Å². The van der Waals surface area contributed by atoms with Crippen LogP contribution >= 0.6 is 0 Å². The highest BCUT2D eigenvalue weighted by Gasteiger charge is 2.37. The van der Waals surface area contributed by atoms with Gasteiger partial charge in [0.2, 0.25) is 17.7 Å². The SMILES string of the molecule is O=C1CCN(c2c(F)cc(N3CC[C@H](C(=O)N4CCN(C5CCC(n6cc(NC(=O)c7coc(-c8ccnc(NCC(F)(F)F)c8)n7)c(C(F)F)n6)CC5)CC4)C3)cc2F)C(=O)N1. The zero-order valence-electron chi connectivity index (χ0n) is 33.5. The van der Waals surface area contributed by atoms with Crippen molar-refractivity contribution in [3.63, 3.8) is 0 Å². The summed E-state index contributed by atoms with van der Waals surface area (Å²) in [6, 6.07) is 4.04. The lowest BCUT2D eigenvalue weighted by molar-refractivity contribution is -0.137. The standard InChI is InChI=1S/C40H42F7N11O5/c41-27-16-26(17-28(42)34(27)57-10-7-32(59)52-39(57)62)56-9-6-23(18-56)38(61)55-13-11-54(12-14-55)24-1-3-25(4-2-24)58-19-29(33(53-58)35(43)44)50-36(60)30-20-63-37(51-30)22-5-8-48-31(15-22)49-21-40(45,46)47/h5,8,15-17,19-20,23-25,35H,1-4,6-7,9-14,18,21H2,(H,48,49)(H,50,60)(H,52,59,62)/t23-,24?,25?/m0/s1. The number of oxazole rings is 1. The summed E-state index contributed by atoms with van der Waals surface area (Å²) in [4.78, 5) is 65.0. The molecule has 1 aromatic carbocycles. The van der Waals surface area contributed by atoms with Gasteiger partial charge in [-0.3, -0.25) is 34.2 Å². The molecular formula is C40H42F7N11O5. The Balaban J connectivity index is 0.810. The van der Waals surface area contributed by atoms with E-state index in [2.05, 4.69) is 35.9 Å². The average molecular weight is 890 g/mol. The zero-order valence-corrected chi connectivity index (χ0v) is 33.5. The molecule has 5 amide bonds. The third-order valence-electron chi connectivity index (χ3n) is 11.8. The monoisotopic (exact) mass is 889 g/mol. The summed E-state index contributed by atoms with van der Waals surface area (Å²) in [7, 11) is 0. The molecule has 6 heterocycles. The Kier molecular flexibility index (Phi) is 12.3. The number of nitrogens with one attached hydrogen (secondary N) is 3. The fourth-order valence-corrected chi connectivity index (χ4v) is 8.62. The van der Waals surface area contributed by atoms with E-state index in [4.69, 9.17) is 4.42 Å². The first kappa shape index (κ1) is 43.4. The van der Waals surface area contributed by atoms with Gasteiger partial charge < -0.3 is 24.9 Å². The quantitative estimate of drug-likeness (QED) is 0.151. The van der Waals surface area contributed by atoms with Crippen LogP contribution in [0.25, 0.3) is 11.5 Å². The number of anilines is 4. The van der Waals surface area contributed by atoms with Crippen molar-refractivity contribution in [3.05, 3.63) is 65.9 Å². The Bertz CT molecular complexity index is 2340. The number of nitrogens with zero attached hydrogens (tertiary/aromatic N) is 8. The summed E-state index contributed by atoms with van der Waals surface area (Å²) in [6.07, 6.45) is -0.700. The van der Waals surface area contributed by atoms with Gasteiger partial charge >= 0.3 is 12.2 Å². The number of pyridine rings is 1. The number of benzene rings is 1. The minimum absolute atomic E-state index is 0.0308. The van der Waals surface area contributed by atoms with Gasteiger partial charge in [0.1, 0.15) is 24.3 Å².